The molecule has 0 saturated heterocycles. The van der Waals surface area contributed by atoms with E-state index in [2.05, 4.69) is 29.6 Å². The highest BCUT2D eigenvalue weighted by molar-refractivity contribution is 5.77. The highest BCUT2D eigenvalue weighted by atomic mass is 16.2. The fourth-order valence-corrected chi connectivity index (χ4v) is 6.62. The Bertz CT molecular complexity index is 618. The predicted molar refractivity (Wildman–Crippen MR) is 93.6 cm³/mol. The van der Waals surface area contributed by atoms with Crippen molar-refractivity contribution >= 4 is 5.91 Å². The zero-order valence-electron chi connectivity index (χ0n) is 14.5. The van der Waals surface area contributed by atoms with E-state index in [-0.39, 0.29) is 5.54 Å². The van der Waals surface area contributed by atoms with Crippen LogP contribution in [0.2, 0.25) is 0 Å². The van der Waals surface area contributed by atoms with Gasteiger partial charge in [-0.3, -0.25) is 4.79 Å². The van der Waals surface area contributed by atoms with E-state index in [4.69, 9.17) is 0 Å². The first-order chi connectivity index (χ1) is 11.7. The Balaban J connectivity index is 1.23. The van der Waals surface area contributed by atoms with Gasteiger partial charge in [0.15, 0.2) is 6.54 Å². The number of hydrogen-bond acceptors (Lipinski definition) is 1. The molecule has 1 aliphatic heterocycles. The van der Waals surface area contributed by atoms with Gasteiger partial charge in [0.1, 0.15) is 6.54 Å². The van der Waals surface area contributed by atoms with E-state index >= 15 is 0 Å². The van der Waals surface area contributed by atoms with Gasteiger partial charge >= 0.3 is 0 Å². The van der Waals surface area contributed by atoms with Crippen molar-refractivity contribution in [3.05, 3.63) is 35.4 Å². The number of carbonyl (C=O) groups is 1. The standard InChI is InChI=1S/C21H28N2O/c24-20(14-23-6-5-18-3-1-2-4-19(18)13-23)22-21-10-15-7-16(11-21)9-17(8-15)12-21/h1-4,15-17H,5-14H2,(H,22,24)/p+1. The fraction of sp³-hybridized carbons (Fsp3) is 0.667. The van der Waals surface area contributed by atoms with Gasteiger partial charge in [-0.25, -0.2) is 0 Å². The average molecular weight is 325 g/mol. The van der Waals surface area contributed by atoms with Crippen molar-refractivity contribution in [3.63, 3.8) is 0 Å². The molecular formula is C21H29N2O+. The van der Waals surface area contributed by atoms with Crippen LogP contribution < -0.4 is 10.2 Å². The van der Waals surface area contributed by atoms with Gasteiger partial charge < -0.3 is 10.2 Å². The quantitative estimate of drug-likeness (QED) is 0.872. The number of quaternary nitrogens is 1. The summed E-state index contributed by atoms with van der Waals surface area (Å²) in [6, 6.07) is 8.72. The van der Waals surface area contributed by atoms with Gasteiger partial charge in [0, 0.05) is 17.5 Å². The molecule has 3 nitrogen and oxygen atoms in total. The third-order valence-electron chi connectivity index (χ3n) is 7.16. The molecule has 1 aromatic carbocycles. The molecule has 128 valence electrons. The Morgan fingerprint density at radius 1 is 1.04 bits per heavy atom. The van der Waals surface area contributed by atoms with Gasteiger partial charge in [-0.05, 0) is 61.8 Å². The first-order valence-electron chi connectivity index (χ1n) is 9.89. The van der Waals surface area contributed by atoms with Crippen LogP contribution in [-0.4, -0.2) is 24.5 Å². The maximum absolute atomic E-state index is 12.8. The van der Waals surface area contributed by atoms with Gasteiger partial charge in [0.25, 0.3) is 5.91 Å². The number of benzene rings is 1. The third-order valence-corrected chi connectivity index (χ3v) is 7.16. The van der Waals surface area contributed by atoms with Gasteiger partial charge in [0.05, 0.1) is 6.54 Å². The summed E-state index contributed by atoms with van der Waals surface area (Å²) in [5, 5.41) is 3.54. The number of amides is 1. The van der Waals surface area contributed by atoms with Crippen LogP contribution in [0.4, 0.5) is 0 Å². The molecule has 0 aromatic heterocycles. The zero-order valence-corrected chi connectivity index (χ0v) is 14.5. The Kier molecular flexibility index (Phi) is 3.48. The molecule has 4 saturated carbocycles. The van der Waals surface area contributed by atoms with E-state index in [0.29, 0.717) is 12.5 Å². The second-order valence-corrected chi connectivity index (χ2v) is 9.12. The maximum atomic E-state index is 12.8. The van der Waals surface area contributed by atoms with Crippen LogP contribution in [0, 0.1) is 17.8 Å². The second-order valence-electron chi connectivity index (χ2n) is 9.12. The van der Waals surface area contributed by atoms with Crippen LogP contribution >= 0.6 is 0 Å². The van der Waals surface area contributed by atoms with Crippen LogP contribution in [0.5, 0.6) is 0 Å². The molecule has 1 amide bonds. The molecule has 1 unspecified atom stereocenters. The lowest BCUT2D eigenvalue weighted by atomic mass is 9.53. The van der Waals surface area contributed by atoms with Crippen molar-refractivity contribution < 1.29 is 9.69 Å². The summed E-state index contributed by atoms with van der Waals surface area (Å²) in [6.45, 7) is 2.74. The number of carbonyl (C=O) groups excluding carboxylic acids is 1. The van der Waals surface area contributed by atoms with Crippen LogP contribution in [0.15, 0.2) is 24.3 Å². The lowest BCUT2D eigenvalue weighted by Crippen LogP contribution is -3.13. The molecule has 1 atom stereocenters. The number of fused-ring (bicyclic) bond motifs is 1. The monoisotopic (exact) mass is 325 g/mol. The Morgan fingerprint density at radius 2 is 1.67 bits per heavy atom. The Hall–Kier alpha value is -1.35. The van der Waals surface area contributed by atoms with Gasteiger partial charge in [0.2, 0.25) is 0 Å². The van der Waals surface area contributed by atoms with Crippen molar-refractivity contribution in [2.24, 2.45) is 17.8 Å². The lowest BCUT2D eigenvalue weighted by Gasteiger charge is -2.56. The molecule has 1 heterocycles. The minimum atomic E-state index is 0.166. The van der Waals surface area contributed by atoms with Crippen LogP contribution in [-0.2, 0) is 17.8 Å². The van der Waals surface area contributed by atoms with Crippen LogP contribution in [0.3, 0.4) is 0 Å². The molecule has 4 aliphatic carbocycles. The summed E-state index contributed by atoms with van der Waals surface area (Å²) >= 11 is 0. The van der Waals surface area contributed by atoms with Gasteiger partial charge in [-0.2, -0.15) is 0 Å². The summed E-state index contributed by atoms with van der Waals surface area (Å²) < 4.78 is 0. The topological polar surface area (TPSA) is 33.5 Å². The van der Waals surface area contributed by atoms with Crippen LogP contribution in [0.25, 0.3) is 0 Å². The van der Waals surface area contributed by atoms with E-state index in [1.165, 1.54) is 54.6 Å². The zero-order chi connectivity index (χ0) is 16.1. The van der Waals surface area contributed by atoms with Crippen LogP contribution in [0.1, 0.15) is 49.7 Å². The van der Waals surface area contributed by atoms with Gasteiger partial charge in [-0.15, -0.1) is 0 Å². The van der Waals surface area contributed by atoms with E-state index in [0.717, 1.165) is 37.3 Å². The van der Waals surface area contributed by atoms with Crippen molar-refractivity contribution in [1.29, 1.82) is 0 Å². The SMILES string of the molecule is O=C(C[NH+]1CCc2ccccc2C1)NC12CC3CC(CC(C3)C1)C2. The minimum absolute atomic E-state index is 0.166. The van der Waals surface area contributed by atoms with E-state index in [1.54, 1.807) is 0 Å². The highest BCUT2D eigenvalue weighted by Gasteiger charge is 2.51. The largest absolute Gasteiger partial charge is 0.346 e. The molecule has 5 aliphatic rings. The Labute approximate surface area is 144 Å². The summed E-state index contributed by atoms with van der Waals surface area (Å²) in [6.07, 6.45) is 9.17. The van der Waals surface area contributed by atoms with Crippen molar-refractivity contribution in [2.45, 2.75) is 57.0 Å². The van der Waals surface area contributed by atoms with Crippen molar-refractivity contribution in [2.75, 3.05) is 13.1 Å². The lowest BCUT2D eigenvalue weighted by molar-refractivity contribution is -0.908. The third kappa shape index (κ3) is 2.67. The smallest absolute Gasteiger partial charge is 0.275 e. The molecule has 2 N–H and O–H groups in total. The molecule has 0 radical (unpaired) electrons. The molecular weight excluding hydrogens is 296 g/mol. The van der Waals surface area contributed by atoms with E-state index in [1.807, 2.05) is 0 Å². The van der Waals surface area contributed by atoms with Gasteiger partial charge in [-0.1, -0.05) is 24.3 Å². The minimum Gasteiger partial charge on any atom is -0.346 e. The predicted octanol–water partition coefficient (Wildman–Crippen LogP) is 1.71. The number of rotatable bonds is 3. The summed E-state index contributed by atoms with van der Waals surface area (Å²) in [5.74, 6) is 2.98. The maximum Gasteiger partial charge on any atom is 0.275 e. The molecule has 0 spiro atoms. The second kappa shape index (κ2) is 5.59. The van der Waals surface area contributed by atoms with E-state index in [9.17, 15) is 4.79 Å². The summed E-state index contributed by atoms with van der Waals surface area (Å²) in [4.78, 5) is 14.2. The highest BCUT2D eigenvalue weighted by Crippen LogP contribution is 2.55. The molecule has 4 bridgehead atoms. The number of nitrogens with one attached hydrogen (secondary N) is 2. The molecule has 4 fully saturated rings. The first kappa shape index (κ1) is 14.9. The fourth-order valence-electron chi connectivity index (χ4n) is 6.62. The van der Waals surface area contributed by atoms with E-state index < -0.39 is 0 Å². The molecule has 3 heteroatoms. The van der Waals surface area contributed by atoms with Crippen molar-refractivity contribution in [3.8, 4) is 0 Å². The van der Waals surface area contributed by atoms with Crippen molar-refractivity contribution in [1.82, 2.24) is 5.32 Å². The average Bonchev–Trinajstić information content (AvgIpc) is 2.52. The molecule has 24 heavy (non-hydrogen) atoms. The summed E-state index contributed by atoms with van der Waals surface area (Å²) in [7, 11) is 0. The molecule has 1 aromatic rings. The Morgan fingerprint density at radius 3 is 2.33 bits per heavy atom. The number of hydrogen-bond donors (Lipinski definition) is 2. The first-order valence-corrected chi connectivity index (χ1v) is 9.89. The summed E-state index contributed by atoms with van der Waals surface area (Å²) in [5.41, 5.74) is 3.07. The molecule has 6 rings (SSSR count). The normalized spacial score (nSPS) is 39.5.